The largest absolute Gasteiger partial charge is 0.443 e. The van der Waals surface area contributed by atoms with Crippen LogP contribution in [0.5, 0.6) is 0 Å². The first-order chi connectivity index (χ1) is 7.33. The molecule has 0 fully saturated rings. The van der Waals surface area contributed by atoms with Gasteiger partial charge in [-0.05, 0) is 11.5 Å². The van der Waals surface area contributed by atoms with E-state index in [1.165, 1.54) is 16.5 Å². The third kappa shape index (κ3) is 2.61. The zero-order valence-corrected chi connectivity index (χ0v) is 8.44. The van der Waals surface area contributed by atoms with Crippen molar-refractivity contribution < 1.29 is 5.11 Å². The van der Waals surface area contributed by atoms with Gasteiger partial charge in [-0.2, -0.15) is 5.26 Å². The van der Waals surface area contributed by atoms with Crippen molar-refractivity contribution >= 4 is 16.5 Å². The highest BCUT2D eigenvalue weighted by Gasteiger charge is 1.95. The lowest BCUT2D eigenvalue weighted by Gasteiger charge is -2.04. The molecule has 0 aliphatic carbocycles. The SMILES string of the molecule is CNc1cccc2ccccc12.N#CO. The van der Waals surface area contributed by atoms with Gasteiger partial charge in [0.2, 0.25) is 0 Å². The minimum atomic E-state index is 0.750. The van der Waals surface area contributed by atoms with Gasteiger partial charge < -0.3 is 10.4 Å². The summed E-state index contributed by atoms with van der Waals surface area (Å²) in [5, 5.41) is 19.5. The molecule has 0 radical (unpaired) electrons. The fraction of sp³-hybridized carbons (Fsp3) is 0.0833. The molecule has 3 heteroatoms. The molecule has 2 rings (SSSR count). The Hall–Kier alpha value is -2.21. The van der Waals surface area contributed by atoms with Crippen LogP contribution in [0.1, 0.15) is 0 Å². The molecule has 2 aromatic carbocycles. The number of fused-ring (bicyclic) bond motifs is 1. The quantitative estimate of drug-likeness (QED) is 0.696. The first-order valence-electron chi connectivity index (χ1n) is 4.52. The molecular formula is C12H12N2O. The molecule has 2 N–H and O–H groups in total. The van der Waals surface area contributed by atoms with Gasteiger partial charge in [0.15, 0.2) is 0 Å². The maximum absolute atomic E-state index is 6.88. The van der Waals surface area contributed by atoms with E-state index in [4.69, 9.17) is 10.4 Å². The molecule has 0 heterocycles. The van der Waals surface area contributed by atoms with Crippen LogP contribution >= 0.6 is 0 Å². The number of nitriles is 1. The van der Waals surface area contributed by atoms with E-state index in [0.29, 0.717) is 0 Å². The van der Waals surface area contributed by atoms with E-state index in [0.717, 1.165) is 6.26 Å². The lowest BCUT2D eigenvalue weighted by atomic mass is 10.1. The third-order valence-corrected chi connectivity index (χ3v) is 2.06. The molecule has 0 aromatic heterocycles. The number of rotatable bonds is 1. The number of aliphatic hydroxyl groups is 1. The second-order valence-electron chi connectivity index (χ2n) is 2.88. The van der Waals surface area contributed by atoms with Crippen molar-refractivity contribution in [1.82, 2.24) is 0 Å². The van der Waals surface area contributed by atoms with Gasteiger partial charge in [0.05, 0.1) is 0 Å². The van der Waals surface area contributed by atoms with Crippen molar-refractivity contribution in [2.75, 3.05) is 12.4 Å². The monoisotopic (exact) mass is 200 g/mol. The Morgan fingerprint density at radius 3 is 2.40 bits per heavy atom. The molecule has 0 saturated heterocycles. The van der Waals surface area contributed by atoms with Crippen molar-refractivity contribution in [3.05, 3.63) is 42.5 Å². The molecule has 15 heavy (non-hydrogen) atoms. The van der Waals surface area contributed by atoms with E-state index < -0.39 is 0 Å². The van der Waals surface area contributed by atoms with Crippen molar-refractivity contribution in [3.63, 3.8) is 0 Å². The second kappa shape index (κ2) is 5.51. The molecular weight excluding hydrogens is 188 g/mol. The van der Waals surface area contributed by atoms with E-state index in [1.54, 1.807) is 0 Å². The number of hydrogen-bond acceptors (Lipinski definition) is 3. The summed E-state index contributed by atoms with van der Waals surface area (Å²) in [6.45, 7) is 0. The van der Waals surface area contributed by atoms with Crippen molar-refractivity contribution in [2.45, 2.75) is 0 Å². The van der Waals surface area contributed by atoms with Gasteiger partial charge in [0.25, 0.3) is 6.26 Å². The third-order valence-electron chi connectivity index (χ3n) is 2.06. The van der Waals surface area contributed by atoms with Gasteiger partial charge in [-0.15, -0.1) is 0 Å². The average molecular weight is 200 g/mol. The molecule has 2 aromatic rings. The van der Waals surface area contributed by atoms with Gasteiger partial charge in [-0.3, -0.25) is 0 Å². The summed E-state index contributed by atoms with van der Waals surface area (Å²) in [4.78, 5) is 0. The Kier molecular flexibility index (Phi) is 3.99. The van der Waals surface area contributed by atoms with Crippen molar-refractivity contribution in [1.29, 1.82) is 5.26 Å². The van der Waals surface area contributed by atoms with E-state index in [2.05, 4.69) is 47.8 Å². The van der Waals surface area contributed by atoms with Crippen LogP contribution in [0.15, 0.2) is 42.5 Å². The van der Waals surface area contributed by atoms with Crippen LogP contribution in [0.3, 0.4) is 0 Å². The summed E-state index contributed by atoms with van der Waals surface area (Å²) in [6.07, 6.45) is 0.750. The Morgan fingerprint density at radius 1 is 1.13 bits per heavy atom. The van der Waals surface area contributed by atoms with Gasteiger partial charge in [-0.1, -0.05) is 36.4 Å². The second-order valence-corrected chi connectivity index (χ2v) is 2.88. The van der Waals surface area contributed by atoms with E-state index >= 15 is 0 Å². The van der Waals surface area contributed by atoms with E-state index in [-0.39, 0.29) is 0 Å². The van der Waals surface area contributed by atoms with Crippen LogP contribution in [0, 0.1) is 11.5 Å². The standard InChI is InChI=1S/C11H11N.CHNO/c1-12-11-8-4-6-9-5-2-3-7-10(9)11;2-1-3/h2-8,12H,1H3;3H. The summed E-state index contributed by atoms with van der Waals surface area (Å²) in [5.41, 5.74) is 1.19. The molecule has 0 amide bonds. The first kappa shape index (κ1) is 10.9. The van der Waals surface area contributed by atoms with Gasteiger partial charge >= 0.3 is 0 Å². The minimum Gasteiger partial charge on any atom is -0.443 e. The molecule has 0 spiro atoms. The summed E-state index contributed by atoms with van der Waals surface area (Å²) >= 11 is 0. The maximum atomic E-state index is 6.88. The first-order valence-corrected chi connectivity index (χ1v) is 4.52. The maximum Gasteiger partial charge on any atom is 0.283 e. The topological polar surface area (TPSA) is 56.0 Å². The highest BCUT2D eigenvalue weighted by molar-refractivity contribution is 5.93. The number of anilines is 1. The van der Waals surface area contributed by atoms with E-state index in [9.17, 15) is 0 Å². The van der Waals surface area contributed by atoms with Crippen LogP contribution < -0.4 is 5.32 Å². The van der Waals surface area contributed by atoms with Gasteiger partial charge in [-0.25, -0.2) is 0 Å². The average Bonchev–Trinajstić information content (AvgIpc) is 2.29. The lowest BCUT2D eigenvalue weighted by molar-refractivity contribution is 0.503. The number of aliphatic hydroxyl groups excluding tert-OH is 1. The molecule has 0 saturated carbocycles. The smallest absolute Gasteiger partial charge is 0.283 e. The number of nitrogens with one attached hydrogen (secondary N) is 1. The lowest BCUT2D eigenvalue weighted by Crippen LogP contribution is -1.88. The molecule has 0 unspecified atom stereocenters. The van der Waals surface area contributed by atoms with Gasteiger partial charge in [0, 0.05) is 18.1 Å². The molecule has 3 nitrogen and oxygen atoms in total. The summed E-state index contributed by atoms with van der Waals surface area (Å²) < 4.78 is 0. The van der Waals surface area contributed by atoms with Crippen LogP contribution in [0.4, 0.5) is 5.69 Å². The Bertz CT molecular complexity index is 469. The minimum absolute atomic E-state index is 0.750. The predicted octanol–water partition coefficient (Wildman–Crippen LogP) is 2.72. The Labute approximate surface area is 88.6 Å². The highest BCUT2D eigenvalue weighted by Crippen LogP contribution is 2.21. The molecule has 0 atom stereocenters. The van der Waals surface area contributed by atoms with Crippen LogP contribution in [-0.4, -0.2) is 12.2 Å². The Morgan fingerprint density at radius 2 is 1.73 bits per heavy atom. The van der Waals surface area contributed by atoms with E-state index in [1.807, 2.05) is 7.05 Å². The zero-order valence-electron chi connectivity index (χ0n) is 8.44. The predicted molar refractivity (Wildman–Crippen MR) is 61.0 cm³/mol. The van der Waals surface area contributed by atoms with Crippen LogP contribution in [0.2, 0.25) is 0 Å². The van der Waals surface area contributed by atoms with Crippen LogP contribution in [0.25, 0.3) is 10.8 Å². The van der Waals surface area contributed by atoms with Crippen LogP contribution in [-0.2, 0) is 0 Å². The zero-order chi connectivity index (χ0) is 11.1. The molecule has 0 aliphatic rings. The van der Waals surface area contributed by atoms with Crippen molar-refractivity contribution in [2.24, 2.45) is 0 Å². The fourth-order valence-electron chi connectivity index (χ4n) is 1.44. The number of hydrogen-bond donors (Lipinski definition) is 2. The van der Waals surface area contributed by atoms with Gasteiger partial charge in [0.1, 0.15) is 0 Å². The summed E-state index contributed by atoms with van der Waals surface area (Å²) in [5.74, 6) is 0. The molecule has 0 aliphatic heterocycles. The molecule has 76 valence electrons. The highest BCUT2D eigenvalue weighted by atomic mass is 16.2. The fourth-order valence-corrected chi connectivity index (χ4v) is 1.44. The van der Waals surface area contributed by atoms with Crippen molar-refractivity contribution in [3.8, 4) is 6.26 Å². The molecule has 0 bridgehead atoms. The number of nitrogens with zero attached hydrogens (tertiary/aromatic N) is 1. The number of benzene rings is 2. The Balaban J connectivity index is 0.000000337. The normalized spacial score (nSPS) is 8.53. The summed E-state index contributed by atoms with van der Waals surface area (Å²) in [6, 6.07) is 14.6. The summed E-state index contributed by atoms with van der Waals surface area (Å²) in [7, 11) is 1.95.